The van der Waals surface area contributed by atoms with Gasteiger partial charge in [-0.1, -0.05) is 54.5 Å². The molecule has 0 fully saturated rings. The summed E-state index contributed by atoms with van der Waals surface area (Å²) in [7, 11) is -0.580. The Labute approximate surface area is 127 Å². The molecule has 0 saturated carbocycles. The van der Waals surface area contributed by atoms with Crippen LogP contribution in [0.25, 0.3) is 0 Å². The fraction of sp³-hybridized carbons (Fsp3) is 0.400. The minimum Gasteiger partial charge on any atom is -0.542 e. The van der Waals surface area contributed by atoms with Gasteiger partial charge in [-0.25, -0.2) is 0 Å². The summed E-state index contributed by atoms with van der Waals surface area (Å²) in [5, 5.41) is 1.38. The summed E-state index contributed by atoms with van der Waals surface area (Å²) in [4.78, 5) is 10.6. The van der Waals surface area contributed by atoms with Gasteiger partial charge in [0.15, 0.2) is 0 Å². The van der Waals surface area contributed by atoms with E-state index in [0.29, 0.717) is 6.42 Å². The molecule has 18 heavy (non-hydrogen) atoms. The molecule has 0 aliphatic rings. The summed E-state index contributed by atoms with van der Waals surface area (Å²) in [5.74, 6) is 0. The summed E-state index contributed by atoms with van der Waals surface area (Å²) in [6.07, 6.45) is 3.31. The van der Waals surface area contributed by atoms with Crippen molar-refractivity contribution in [1.29, 1.82) is 0 Å². The molecular formula is C15H20OPdSi-3. The second kappa shape index (κ2) is 8.04. The van der Waals surface area contributed by atoms with Crippen LogP contribution in [0, 0.1) is 13.8 Å². The van der Waals surface area contributed by atoms with E-state index < -0.39 is 8.80 Å². The van der Waals surface area contributed by atoms with Crippen molar-refractivity contribution in [3.8, 4) is 0 Å². The molecular weight excluding hydrogens is 331 g/mol. The molecule has 1 aromatic rings. The summed E-state index contributed by atoms with van der Waals surface area (Å²) < 4.78 is 0. The van der Waals surface area contributed by atoms with Crippen molar-refractivity contribution in [3.05, 3.63) is 43.7 Å². The van der Waals surface area contributed by atoms with E-state index in [4.69, 9.17) is 0 Å². The first-order chi connectivity index (χ1) is 8.03. The third-order valence-electron chi connectivity index (χ3n) is 3.05. The van der Waals surface area contributed by atoms with Gasteiger partial charge in [-0.05, 0) is 0 Å². The first kappa shape index (κ1) is 17.8. The minimum atomic E-state index is -0.580. The number of rotatable bonds is 6. The Morgan fingerprint density at radius 1 is 1.39 bits per heavy atom. The first-order valence-electron chi connectivity index (χ1n) is 5.95. The van der Waals surface area contributed by atoms with E-state index in [1.165, 1.54) is 10.8 Å². The molecule has 0 bridgehead atoms. The molecule has 1 radical (unpaired) electrons. The summed E-state index contributed by atoms with van der Waals surface area (Å²) in [6.45, 7) is 12.4. The standard InChI is InChI=1S/C15H20OSi.Pd/c1-5-12-17(4)14-9-7-6-8-13(14)15(2,3)10-11-16;/h6-9H,1-2,5,10,12H2,3-4H3;/q-3;/t15-;/m1./s1. The normalized spacial score (nSPS) is 13.8. The van der Waals surface area contributed by atoms with Gasteiger partial charge in [0.1, 0.15) is 0 Å². The number of hydrogen-bond acceptors (Lipinski definition) is 1. The van der Waals surface area contributed by atoms with E-state index >= 15 is 0 Å². The van der Waals surface area contributed by atoms with Gasteiger partial charge >= 0.3 is 0 Å². The zero-order valence-corrected chi connectivity index (χ0v) is 13.6. The van der Waals surface area contributed by atoms with E-state index in [1.54, 1.807) is 0 Å². The van der Waals surface area contributed by atoms with Gasteiger partial charge in [-0.3, -0.25) is 6.29 Å². The fourth-order valence-corrected chi connectivity index (χ4v) is 4.06. The van der Waals surface area contributed by atoms with E-state index in [9.17, 15) is 4.79 Å². The maximum atomic E-state index is 10.6. The van der Waals surface area contributed by atoms with Crippen LogP contribution in [0.2, 0.25) is 12.6 Å². The van der Waals surface area contributed by atoms with Crippen molar-refractivity contribution in [1.82, 2.24) is 0 Å². The average Bonchev–Trinajstić information content (AvgIpc) is 2.29. The SMILES string of the molecule is [CH2-]CC[Si](C)c1ccccc1[C@]([CH2-])(C)C[C-]=O.[Pd]. The molecule has 1 nitrogen and oxygen atoms in total. The van der Waals surface area contributed by atoms with E-state index in [-0.39, 0.29) is 25.8 Å². The molecule has 1 aromatic carbocycles. The largest absolute Gasteiger partial charge is 0.542 e. The van der Waals surface area contributed by atoms with Crippen LogP contribution in [0.4, 0.5) is 0 Å². The monoisotopic (exact) mass is 350 g/mol. The van der Waals surface area contributed by atoms with Gasteiger partial charge in [-0.2, -0.15) is 18.3 Å². The topological polar surface area (TPSA) is 17.1 Å². The number of hydrogen-bond donors (Lipinski definition) is 0. The van der Waals surface area contributed by atoms with Gasteiger partial charge in [0.25, 0.3) is 0 Å². The number of benzene rings is 1. The first-order valence-corrected chi connectivity index (χ1v) is 8.15. The molecule has 0 aromatic heterocycles. The van der Waals surface area contributed by atoms with Crippen molar-refractivity contribution < 1.29 is 25.2 Å². The molecule has 0 aliphatic carbocycles. The molecule has 0 saturated heterocycles. The molecule has 0 spiro atoms. The number of carbonyl (C=O) groups excluding carboxylic acids is 1. The van der Waals surface area contributed by atoms with Crippen LogP contribution >= 0.6 is 0 Å². The van der Waals surface area contributed by atoms with E-state index in [1.807, 2.05) is 19.3 Å². The van der Waals surface area contributed by atoms with Crippen LogP contribution < -0.4 is 5.19 Å². The average molecular weight is 351 g/mol. The van der Waals surface area contributed by atoms with Crippen molar-refractivity contribution in [2.45, 2.75) is 37.8 Å². The second-order valence-corrected chi connectivity index (χ2v) is 7.41. The fourth-order valence-electron chi connectivity index (χ4n) is 2.04. The maximum absolute atomic E-state index is 10.6. The van der Waals surface area contributed by atoms with Crippen LogP contribution in [0.3, 0.4) is 0 Å². The van der Waals surface area contributed by atoms with Crippen LogP contribution in [0.5, 0.6) is 0 Å². The smallest absolute Gasteiger partial charge is 0.0801 e. The Kier molecular flexibility index (Phi) is 7.94. The van der Waals surface area contributed by atoms with Gasteiger partial charge in [0, 0.05) is 20.4 Å². The molecule has 1 rings (SSSR count). The Bertz CT molecular complexity index is 377. The molecule has 103 valence electrons. The summed E-state index contributed by atoms with van der Waals surface area (Å²) >= 11 is 0. The molecule has 0 unspecified atom stereocenters. The molecule has 0 N–H and O–H groups in total. The third-order valence-corrected chi connectivity index (χ3v) is 5.51. The Morgan fingerprint density at radius 2 is 2.00 bits per heavy atom. The Morgan fingerprint density at radius 3 is 2.56 bits per heavy atom. The van der Waals surface area contributed by atoms with Crippen molar-refractivity contribution in [3.63, 3.8) is 0 Å². The predicted octanol–water partition coefficient (Wildman–Crippen LogP) is 2.83. The van der Waals surface area contributed by atoms with Crippen molar-refractivity contribution in [2.75, 3.05) is 0 Å². The zero-order valence-electron chi connectivity index (χ0n) is 11.1. The van der Waals surface area contributed by atoms with Crippen LogP contribution in [-0.2, 0) is 30.6 Å². The minimum absolute atomic E-state index is 0. The molecule has 0 aliphatic heterocycles. The molecule has 0 heterocycles. The second-order valence-electron chi connectivity index (χ2n) is 4.81. The van der Waals surface area contributed by atoms with Crippen molar-refractivity contribution >= 4 is 20.3 Å². The van der Waals surface area contributed by atoms with E-state index in [2.05, 4.69) is 38.6 Å². The molecule has 0 amide bonds. The van der Waals surface area contributed by atoms with Gasteiger partial charge in [0.05, 0.1) is 8.80 Å². The third kappa shape index (κ3) is 4.46. The maximum Gasteiger partial charge on any atom is 0.0801 e. The predicted molar refractivity (Wildman–Crippen MR) is 75.5 cm³/mol. The molecule has 1 atom stereocenters. The van der Waals surface area contributed by atoms with Crippen LogP contribution in [-0.4, -0.2) is 15.1 Å². The van der Waals surface area contributed by atoms with E-state index in [0.717, 1.165) is 12.5 Å². The Hall–Kier alpha value is -0.231. The van der Waals surface area contributed by atoms with Crippen LogP contribution in [0.15, 0.2) is 24.3 Å². The van der Waals surface area contributed by atoms with Crippen molar-refractivity contribution in [2.24, 2.45) is 0 Å². The Balaban J connectivity index is 0.00000289. The van der Waals surface area contributed by atoms with Gasteiger partial charge < -0.3 is 18.6 Å². The quantitative estimate of drug-likeness (QED) is 0.569. The summed E-state index contributed by atoms with van der Waals surface area (Å²) in [5.41, 5.74) is 0.846. The summed E-state index contributed by atoms with van der Waals surface area (Å²) in [6, 6.07) is 9.51. The zero-order chi connectivity index (χ0) is 12.9. The van der Waals surface area contributed by atoms with Crippen LogP contribution in [0.1, 0.15) is 25.3 Å². The van der Waals surface area contributed by atoms with Gasteiger partial charge in [0.2, 0.25) is 0 Å². The van der Waals surface area contributed by atoms with Gasteiger partial charge in [-0.15, -0.1) is 0 Å². The molecule has 3 heteroatoms.